The number of hydrogen-bond donors (Lipinski definition) is 0. The quantitative estimate of drug-likeness (QED) is 0.331. The van der Waals surface area contributed by atoms with E-state index in [0.717, 1.165) is 0 Å². The molecule has 0 fully saturated rings. The molecule has 0 atom stereocenters. The van der Waals surface area contributed by atoms with Gasteiger partial charge in [0, 0.05) is 12.1 Å². The van der Waals surface area contributed by atoms with Crippen LogP contribution in [0.4, 0.5) is 5.69 Å². The SMILES string of the molecule is CC(=O)CC(=O)OC/C(=C/c1ccc([N+](=O)[O-])cc1)CC#N. The number of nitriles is 1. The number of ketones is 1. The third kappa shape index (κ3) is 5.96. The molecule has 0 radical (unpaired) electrons. The molecule has 0 aliphatic rings. The lowest BCUT2D eigenvalue weighted by Gasteiger charge is -2.05. The Hall–Kier alpha value is -3.01. The zero-order valence-corrected chi connectivity index (χ0v) is 11.9. The summed E-state index contributed by atoms with van der Waals surface area (Å²) < 4.78 is 4.91. The highest BCUT2D eigenvalue weighted by Crippen LogP contribution is 2.15. The Morgan fingerprint density at radius 3 is 2.50 bits per heavy atom. The minimum Gasteiger partial charge on any atom is -0.461 e. The van der Waals surface area contributed by atoms with E-state index >= 15 is 0 Å². The van der Waals surface area contributed by atoms with Gasteiger partial charge in [-0.1, -0.05) is 6.08 Å². The maximum absolute atomic E-state index is 11.3. The smallest absolute Gasteiger partial charge is 0.313 e. The van der Waals surface area contributed by atoms with E-state index in [1.165, 1.54) is 31.2 Å². The molecule has 114 valence electrons. The molecule has 0 aliphatic heterocycles. The van der Waals surface area contributed by atoms with E-state index in [1.807, 2.05) is 6.07 Å². The second-order valence-corrected chi connectivity index (χ2v) is 4.53. The molecule has 1 aromatic rings. The molecular weight excluding hydrogens is 288 g/mol. The molecule has 0 N–H and O–H groups in total. The van der Waals surface area contributed by atoms with Crippen molar-refractivity contribution in [3.05, 3.63) is 45.5 Å². The van der Waals surface area contributed by atoms with Gasteiger partial charge in [-0.3, -0.25) is 19.7 Å². The summed E-state index contributed by atoms with van der Waals surface area (Å²) in [6.07, 6.45) is 1.36. The van der Waals surface area contributed by atoms with Crippen molar-refractivity contribution in [3.63, 3.8) is 0 Å². The van der Waals surface area contributed by atoms with Gasteiger partial charge in [-0.05, 0) is 30.2 Å². The third-order valence-electron chi connectivity index (χ3n) is 2.59. The second kappa shape index (κ2) is 8.32. The van der Waals surface area contributed by atoms with Crippen molar-refractivity contribution in [1.82, 2.24) is 0 Å². The van der Waals surface area contributed by atoms with Crippen molar-refractivity contribution in [1.29, 1.82) is 5.26 Å². The number of nitro benzene ring substituents is 1. The first-order valence-corrected chi connectivity index (χ1v) is 6.38. The number of rotatable bonds is 7. The predicted molar refractivity (Wildman–Crippen MR) is 77.6 cm³/mol. The van der Waals surface area contributed by atoms with Crippen LogP contribution in [0.25, 0.3) is 6.08 Å². The molecule has 22 heavy (non-hydrogen) atoms. The van der Waals surface area contributed by atoms with Gasteiger partial charge in [-0.15, -0.1) is 0 Å². The van der Waals surface area contributed by atoms with Crippen LogP contribution in [0.1, 0.15) is 25.3 Å². The molecule has 0 aliphatic carbocycles. The van der Waals surface area contributed by atoms with Crippen LogP contribution in [0.5, 0.6) is 0 Å². The van der Waals surface area contributed by atoms with Crippen molar-refractivity contribution < 1.29 is 19.2 Å². The molecule has 1 rings (SSSR count). The average Bonchev–Trinajstić information content (AvgIpc) is 2.45. The Labute approximate surface area is 127 Å². The topological polar surface area (TPSA) is 110 Å². The first kappa shape index (κ1) is 17.0. The standard InChI is InChI=1S/C15H14N2O5/c1-11(18)8-15(19)22-10-13(6-7-16)9-12-2-4-14(5-3-12)17(20)21/h2-5,9H,6,8,10H2,1H3/b13-9+. The van der Waals surface area contributed by atoms with Crippen LogP contribution in [0, 0.1) is 21.4 Å². The number of benzene rings is 1. The van der Waals surface area contributed by atoms with Crippen LogP contribution in [0.15, 0.2) is 29.8 Å². The Morgan fingerprint density at radius 2 is 2.00 bits per heavy atom. The second-order valence-electron chi connectivity index (χ2n) is 4.53. The monoisotopic (exact) mass is 302 g/mol. The van der Waals surface area contributed by atoms with E-state index in [9.17, 15) is 19.7 Å². The van der Waals surface area contributed by atoms with Gasteiger partial charge in [0.25, 0.3) is 5.69 Å². The van der Waals surface area contributed by atoms with Crippen LogP contribution in [-0.4, -0.2) is 23.3 Å². The number of Topliss-reactive ketones (excluding diaryl/α,β-unsaturated/α-hetero) is 1. The number of carbonyl (C=O) groups excluding carboxylic acids is 2. The zero-order valence-electron chi connectivity index (χ0n) is 11.9. The lowest BCUT2D eigenvalue weighted by Crippen LogP contribution is -2.10. The molecule has 7 nitrogen and oxygen atoms in total. The Bertz CT molecular complexity index is 641. The molecule has 7 heteroatoms. The van der Waals surface area contributed by atoms with Gasteiger partial charge in [-0.25, -0.2) is 0 Å². The number of non-ortho nitro benzene ring substituents is 1. The molecule has 0 amide bonds. The van der Waals surface area contributed by atoms with E-state index in [2.05, 4.69) is 0 Å². The highest BCUT2D eigenvalue weighted by Gasteiger charge is 2.08. The van der Waals surface area contributed by atoms with E-state index in [0.29, 0.717) is 11.1 Å². The predicted octanol–water partition coefficient (Wildman–Crippen LogP) is 2.41. The minimum absolute atomic E-state index is 0.0353. The first-order chi connectivity index (χ1) is 10.4. The van der Waals surface area contributed by atoms with Gasteiger partial charge in [-0.2, -0.15) is 5.26 Å². The van der Waals surface area contributed by atoms with E-state index in [-0.39, 0.29) is 30.9 Å². The summed E-state index contributed by atoms with van der Waals surface area (Å²) in [5, 5.41) is 19.3. The van der Waals surface area contributed by atoms with Crippen molar-refractivity contribution in [3.8, 4) is 6.07 Å². The Balaban J connectivity index is 2.77. The summed E-state index contributed by atoms with van der Waals surface area (Å²) in [5.41, 5.74) is 1.15. The summed E-state index contributed by atoms with van der Waals surface area (Å²) in [6.45, 7) is 1.18. The fourth-order valence-electron chi connectivity index (χ4n) is 1.60. The fraction of sp³-hybridized carbons (Fsp3) is 0.267. The van der Waals surface area contributed by atoms with Crippen molar-refractivity contribution >= 4 is 23.5 Å². The van der Waals surface area contributed by atoms with Crippen molar-refractivity contribution in [2.45, 2.75) is 19.8 Å². The summed E-state index contributed by atoms with van der Waals surface area (Å²) in [6, 6.07) is 7.71. The summed E-state index contributed by atoms with van der Waals surface area (Å²) in [7, 11) is 0. The number of esters is 1. The first-order valence-electron chi connectivity index (χ1n) is 6.38. The van der Waals surface area contributed by atoms with Gasteiger partial charge < -0.3 is 4.74 Å². The van der Waals surface area contributed by atoms with Gasteiger partial charge in [0.05, 0.1) is 17.4 Å². The van der Waals surface area contributed by atoms with E-state index < -0.39 is 10.9 Å². The normalized spacial score (nSPS) is 10.6. The number of carbonyl (C=O) groups is 2. The van der Waals surface area contributed by atoms with Gasteiger partial charge in [0.15, 0.2) is 0 Å². The highest BCUT2D eigenvalue weighted by molar-refractivity contribution is 5.94. The molecule has 0 heterocycles. The maximum Gasteiger partial charge on any atom is 0.313 e. The van der Waals surface area contributed by atoms with Crippen molar-refractivity contribution in [2.75, 3.05) is 6.61 Å². The minimum atomic E-state index is -0.653. The van der Waals surface area contributed by atoms with E-state index in [1.54, 1.807) is 6.08 Å². The molecule has 0 aromatic heterocycles. The maximum atomic E-state index is 11.3. The van der Waals surface area contributed by atoms with Gasteiger partial charge >= 0.3 is 5.97 Å². The van der Waals surface area contributed by atoms with Crippen LogP contribution < -0.4 is 0 Å². The average molecular weight is 302 g/mol. The molecule has 0 saturated carbocycles. The summed E-state index contributed by atoms with van der Waals surface area (Å²) >= 11 is 0. The molecule has 0 unspecified atom stereocenters. The molecular formula is C15H14N2O5. The van der Waals surface area contributed by atoms with Gasteiger partial charge in [0.2, 0.25) is 0 Å². The number of nitro groups is 1. The van der Waals surface area contributed by atoms with Gasteiger partial charge in [0.1, 0.15) is 18.8 Å². The largest absolute Gasteiger partial charge is 0.461 e. The summed E-state index contributed by atoms with van der Waals surface area (Å²) in [5.74, 6) is -0.953. The summed E-state index contributed by atoms with van der Waals surface area (Å²) in [4.78, 5) is 32.1. The number of hydrogen-bond acceptors (Lipinski definition) is 6. The molecule has 0 spiro atoms. The Kier molecular flexibility index (Phi) is 6.44. The van der Waals surface area contributed by atoms with E-state index in [4.69, 9.17) is 10.00 Å². The van der Waals surface area contributed by atoms with Crippen LogP contribution in [0.3, 0.4) is 0 Å². The number of nitrogens with zero attached hydrogens (tertiary/aromatic N) is 2. The Morgan fingerprint density at radius 1 is 1.36 bits per heavy atom. The van der Waals surface area contributed by atoms with Crippen molar-refractivity contribution in [2.24, 2.45) is 0 Å². The fourth-order valence-corrected chi connectivity index (χ4v) is 1.60. The van der Waals surface area contributed by atoms with Crippen LogP contribution >= 0.6 is 0 Å². The highest BCUT2D eigenvalue weighted by atomic mass is 16.6. The third-order valence-corrected chi connectivity index (χ3v) is 2.59. The lowest BCUT2D eigenvalue weighted by atomic mass is 10.1. The molecule has 1 aromatic carbocycles. The molecule has 0 bridgehead atoms. The van der Waals surface area contributed by atoms with Crippen LogP contribution in [0.2, 0.25) is 0 Å². The lowest BCUT2D eigenvalue weighted by molar-refractivity contribution is -0.384. The number of ether oxygens (including phenoxy) is 1. The zero-order chi connectivity index (χ0) is 16.5. The van der Waals surface area contributed by atoms with Crippen LogP contribution in [-0.2, 0) is 14.3 Å². The molecule has 0 saturated heterocycles.